The molecular weight excluding hydrogens is 572 g/mol. The van der Waals surface area contributed by atoms with Gasteiger partial charge in [0, 0.05) is 18.6 Å². The number of aryl methyl sites for hydroxylation is 6. The second-order valence-corrected chi connectivity index (χ2v) is 8.65. The van der Waals surface area contributed by atoms with E-state index in [0.717, 1.165) is 61.3 Å². The third-order valence-corrected chi connectivity index (χ3v) is 6.44. The molecule has 1 radical (unpaired) electrons. The molecule has 3 aromatic rings. The molecule has 0 spiro atoms. The van der Waals surface area contributed by atoms with Gasteiger partial charge in [0.1, 0.15) is 0 Å². The molecule has 38 heavy (non-hydrogen) atoms. The normalized spacial score (nSPS) is 10.5. The Morgan fingerprint density at radius 1 is 0.553 bits per heavy atom. The van der Waals surface area contributed by atoms with E-state index in [1.165, 1.54) is 33.4 Å². The van der Waals surface area contributed by atoms with Crippen LogP contribution in [0.2, 0.25) is 0 Å². The fourth-order valence-corrected chi connectivity index (χ4v) is 4.36. The maximum Gasteiger partial charge on any atom is 0.0820 e. The molecule has 3 rings (SSSR count). The van der Waals surface area contributed by atoms with E-state index in [0.29, 0.717) is 0 Å². The Hall–Kier alpha value is -1.62. The molecule has 3 nitrogen and oxygen atoms in total. The topological polar surface area (TPSA) is 37.6 Å². The molecule has 0 bridgehead atoms. The number of aromatic nitrogens is 1. The number of benzene rings is 2. The van der Waals surface area contributed by atoms with Gasteiger partial charge in [0.15, 0.2) is 0 Å². The molecule has 2 aromatic carbocycles. The number of nitrogens with zero attached hydrogens (tertiary/aromatic N) is 3. The predicted octanol–water partition coefficient (Wildman–Crippen LogP) is -1.03. The second kappa shape index (κ2) is 19.4. The molecule has 0 aliphatic rings. The molecule has 0 amide bonds. The first-order chi connectivity index (χ1) is 16.6. The molecule has 0 saturated carbocycles. The molecule has 0 N–H and O–H groups in total. The summed E-state index contributed by atoms with van der Waals surface area (Å²) in [5.74, 6) is 0. The number of aliphatic imine (C=N–C) groups is 2. The standard InChI is InChI=1S/C31H39N3.3ClH.V/c1-7-22-16-24(9-3)30(25(10-4)17-22)32-20-28-14-13-15-29(34-28)21-33-31-26(11-5)18-23(8-2)19-27(31)12-6;;;;/h13-21H,7-12H2,1-6H3;3*1H;/p-3. The van der Waals surface area contributed by atoms with E-state index in [9.17, 15) is 0 Å². The van der Waals surface area contributed by atoms with E-state index in [4.69, 9.17) is 15.0 Å². The molecule has 0 fully saturated rings. The Morgan fingerprint density at radius 2 is 0.868 bits per heavy atom. The predicted molar refractivity (Wildman–Crippen MR) is 148 cm³/mol. The van der Waals surface area contributed by atoms with Crippen molar-refractivity contribution in [1.29, 1.82) is 0 Å². The van der Waals surface area contributed by atoms with Crippen LogP contribution in [0.25, 0.3) is 0 Å². The van der Waals surface area contributed by atoms with Crippen molar-refractivity contribution in [2.24, 2.45) is 9.98 Å². The van der Waals surface area contributed by atoms with Crippen LogP contribution in [0.1, 0.15) is 86.3 Å². The van der Waals surface area contributed by atoms with E-state index in [-0.39, 0.29) is 55.8 Å². The van der Waals surface area contributed by atoms with Crippen LogP contribution in [0.3, 0.4) is 0 Å². The minimum Gasteiger partial charge on any atom is -1.00 e. The molecule has 0 unspecified atom stereocenters. The first-order valence-electron chi connectivity index (χ1n) is 12.9. The smallest absolute Gasteiger partial charge is 0.0820 e. The van der Waals surface area contributed by atoms with Crippen LogP contribution in [-0.4, -0.2) is 17.4 Å². The van der Waals surface area contributed by atoms with Gasteiger partial charge in [-0.3, -0.25) is 9.98 Å². The zero-order valence-corrected chi connectivity index (χ0v) is 27.0. The minimum absolute atomic E-state index is 0. The van der Waals surface area contributed by atoms with E-state index >= 15 is 0 Å². The summed E-state index contributed by atoms with van der Waals surface area (Å²) in [4.78, 5) is 14.6. The molecule has 0 atom stereocenters. The molecule has 207 valence electrons. The van der Waals surface area contributed by atoms with E-state index < -0.39 is 0 Å². The average molecular weight is 611 g/mol. The van der Waals surface area contributed by atoms with E-state index in [2.05, 4.69) is 65.8 Å². The van der Waals surface area contributed by atoms with Gasteiger partial charge in [-0.1, -0.05) is 71.9 Å². The van der Waals surface area contributed by atoms with Crippen molar-refractivity contribution < 1.29 is 55.8 Å². The van der Waals surface area contributed by atoms with Gasteiger partial charge in [0.05, 0.1) is 35.2 Å². The molecule has 0 aliphatic heterocycles. The van der Waals surface area contributed by atoms with Crippen LogP contribution in [0, 0.1) is 0 Å². The second-order valence-electron chi connectivity index (χ2n) is 8.65. The van der Waals surface area contributed by atoms with E-state index in [1.54, 1.807) is 0 Å². The summed E-state index contributed by atoms with van der Waals surface area (Å²) in [5.41, 5.74) is 11.9. The van der Waals surface area contributed by atoms with Crippen molar-refractivity contribution in [2.45, 2.75) is 80.1 Å². The van der Waals surface area contributed by atoms with Crippen molar-refractivity contribution in [3.8, 4) is 0 Å². The van der Waals surface area contributed by atoms with Crippen molar-refractivity contribution in [3.63, 3.8) is 0 Å². The monoisotopic (exact) mass is 609 g/mol. The van der Waals surface area contributed by atoms with Crippen LogP contribution < -0.4 is 37.2 Å². The fourth-order valence-electron chi connectivity index (χ4n) is 4.36. The summed E-state index contributed by atoms with van der Waals surface area (Å²) < 4.78 is 0. The Bertz CT molecular complexity index is 1050. The Morgan fingerprint density at radius 3 is 1.13 bits per heavy atom. The number of hydrogen-bond acceptors (Lipinski definition) is 3. The Kier molecular flexibility index (Phi) is 19.7. The summed E-state index contributed by atoms with van der Waals surface area (Å²) in [6.45, 7) is 13.2. The number of halogens is 3. The maximum atomic E-state index is 4.89. The molecule has 0 aliphatic carbocycles. The zero-order chi connectivity index (χ0) is 24.5. The number of rotatable bonds is 10. The molecule has 1 aromatic heterocycles. The third-order valence-electron chi connectivity index (χ3n) is 6.44. The van der Waals surface area contributed by atoms with Gasteiger partial charge < -0.3 is 37.2 Å². The van der Waals surface area contributed by atoms with Crippen LogP contribution in [0.5, 0.6) is 0 Å². The average Bonchev–Trinajstić information content (AvgIpc) is 2.89. The van der Waals surface area contributed by atoms with Crippen LogP contribution >= 0.6 is 0 Å². The largest absolute Gasteiger partial charge is 1.00 e. The van der Waals surface area contributed by atoms with Gasteiger partial charge in [0.25, 0.3) is 0 Å². The third kappa shape index (κ3) is 9.85. The molecular formula is C31H39Cl3N3V-3. The van der Waals surface area contributed by atoms with Gasteiger partial charge in [-0.25, -0.2) is 4.98 Å². The number of hydrogen-bond donors (Lipinski definition) is 0. The zero-order valence-electron chi connectivity index (χ0n) is 23.4. The van der Waals surface area contributed by atoms with Crippen molar-refractivity contribution in [2.75, 3.05) is 0 Å². The van der Waals surface area contributed by atoms with Crippen molar-refractivity contribution in [3.05, 3.63) is 87.2 Å². The first kappa shape index (κ1) is 38.5. The summed E-state index contributed by atoms with van der Waals surface area (Å²) in [5, 5.41) is 0. The summed E-state index contributed by atoms with van der Waals surface area (Å²) in [6.07, 6.45) is 9.78. The SMILES string of the molecule is CCc1cc(CC)c(N=Cc2cccc(C=Nc3c(CC)cc(CC)cc3CC)n2)c(CC)c1.[Cl-].[Cl-].[Cl-].[V]. The van der Waals surface area contributed by atoms with Crippen LogP contribution in [0.15, 0.2) is 52.4 Å². The van der Waals surface area contributed by atoms with E-state index in [1.807, 2.05) is 30.6 Å². The first-order valence-corrected chi connectivity index (χ1v) is 12.9. The van der Waals surface area contributed by atoms with Crippen LogP contribution in [0.4, 0.5) is 11.4 Å². The summed E-state index contributed by atoms with van der Waals surface area (Å²) in [7, 11) is 0. The summed E-state index contributed by atoms with van der Waals surface area (Å²) in [6, 6.07) is 15.2. The van der Waals surface area contributed by atoms with Crippen molar-refractivity contribution in [1.82, 2.24) is 4.98 Å². The molecule has 1 heterocycles. The van der Waals surface area contributed by atoms with Gasteiger partial charge >= 0.3 is 0 Å². The van der Waals surface area contributed by atoms with Crippen LogP contribution in [-0.2, 0) is 57.1 Å². The Labute approximate surface area is 260 Å². The fraction of sp³-hybridized carbons (Fsp3) is 0.387. The summed E-state index contributed by atoms with van der Waals surface area (Å²) >= 11 is 0. The van der Waals surface area contributed by atoms with Gasteiger partial charge in [-0.2, -0.15) is 0 Å². The molecule has 0 saturated heterocycles. The van der Waals surface area contributed by atoms with Gasteiger partial charge in [-0.05, 0) is 84.0 Å². The van der Waals surface area contributed by atoms with Crippen molar-refractivity contribution >= 4 is 23.8 Å². The molecule has 7 heteroatoms. The van der Waals surface area contributed by atoms with Gasteiger partial charge in [0.2, 0.25) is 0 Å². The van der Waals surface area contributed by atoms with Gasteiger partial charge in [-0.15, -0.1) is 0 Å². The quantitative estimate of drug-likeness (QED) is 0.271. The minimum atomic E-state index is 0. The Balaban J connectivity index is 0. The number of pyridine rings is 1. The maximum absolute atomic E-state index is 4.89.